The first-order chi connectivity index (χ1) is 11.7. The van der Waals surface area contributed by atoms with E-state index in [1.807, 2.05) is 0 Å². The Hall–Kier alpha value is -0.690. The molecule has 0 aromatic heterocycles. The molecule has 24 heavy (non-hydrogen) atoms. The first kappa shape index (κ1) is 18.1. The highest BCUT2D eigenvalue weighted by molar-refractivity contribution is 5.81. The number of nitrogens with zero attached hydrogens (tertiary/aromatic N) is 1. The first-order valence-corrected chi connectivity index (χ1v) is 9.65. The molecule has 3 rings (SSSR count). The molecule has 0 aromatic carbocycles. The second-order valence-corrected chi connectivity index (χ2v) is 7.58. The van der Waals surface area contributed by atoms with Gasteiger partial charge in [0.05, 0.1) is 6.04 Å². The summed E-state index contributed by atoms with van der Waals surface area (Å²) in [5.74, 6) is 0.254. The molecule has 0 radical (unpaired) electrons. The molecule has 0 aromatic rings. The maximum atomic E-state index is 12.6. The number of piperidine rings is 1. The molecule has 0 spiro atoms. The Kier molecular flexibility index (Phi) is 6.49. The fourth-order valence-electron chi connectivity index (χ4n) is 4.38. The summed E-state index contributed by atoms with van der Waals surface area (Å²) in [5.41, 5.74) is 6.28. The maximum Gasteiger partial charge on any atom is 0.237 e. The van der Waals surface area contributed by atoms with Crippen LogP contribution in [-0.2, 0) is 14.3 Å². The van der Waals surface area contributed by atoms with E-state index in [1.54, 1.807) is 0 Å². The fraction of sp³-hybridized carbons (Fsp3) is 0.944. The maximum absolute atomic E-state index is 12.6. The zero-order chi connectivity index (χ0) is 16.8. The molecule has 3 N–H and O–H groups in total. The predicted molar refractivity (Wildman–Crippen MR) is 92.7 cm³/mol. The van der Waals surface area contributed by atoms with Gasteiger partial charge >= 0.3 is 0 Å². The van der Waals surface area contributed by atoms with Crippen molar-refractivity contribution in [1.29, 1.82) is 0 Å². The molecule has 1 amide bonds. The van der Waals surface area contributed by atoms with Crippen LogP contribution in [0, 0.1) is 5.92 Å². The molecule has 3 aliphatic heterocycles. The van der Waals surface area contributed by atoms with Crippen LogP contribution < -0.4 is 11.1 Å². The number of ether oxygens (including phenoxy) is 2. The molecule has 1 unspecified atom stereocenters. The van der Waals surface area contributed by atoms with Crippen LogP contribution in [0.2, 0.25) is 0 Å². The molecule has 138 valence electrons. The van der Waals surface area contributed by atoms with Crippen LogP contribution in [0.15, 0.2) is 0 Å². The predicted octanol–water partition coefficient (Wildman–Crippen LogP) is 0.892. The van der Waals surface area contributed by atoms with Crippen molar-refractivity contribution in [3.05, 3.63) is 0 Å². The van der Waals surface area contributed by atoms with Gasteiger partial charge in [0.2, 0.25) is 5.91 Å². The average molecular weight is 339 g/mol. The van der Waals surface area contributed by atoms with Gasteiger partial charge in [-0.3, -0.25) is 9.69 Å². The second kappa shape index (κ2) is 8.61. The number of hydrogen-bond acceptors (Lipinski definition) is 5. The van der Waals surface area contributed by atoms with E-state index in [1.165, 1.54) is 19.3 Å². The van der Waals surface area contributed by atoms with Gasteiger partial charge in [-0.1, -0.05) is 6.42 Å². The number of amides is 1. The number of nitrogens with two attached hydrogens (primary N) is 1. The Morgan fingerprint density at radius 2 is 1.71 bits per heavy atom. The molecule has 3 fully saturated rings. The molecule has 6 nitrogen and oxygen atoms in total. The first-order valence-electron chi connectivity index (χ1n) is 9.65. The van der Waals surface area contributed by atoms with Gasteiger partial charge < -0.3 is 20.5 Å². The van der Waals surface area contributed by atoms with Gasteiger partial charge in [0.25, 0.3) is 0 Å². The smallest absolute Gasteiger partial charge is 0.237 e. The molecule has 3 heterocycles. The third kappa shape index (κ3) is 4.28. The molecule has 0 saturated carbocycles. The van der Waals surface area contributed by atoms with Crippen LogP contribution >= 0.6 is 0 Å². The molecule has 0 aliphatic carbocycles. The summed E-state index contributed by atoms with van der Waals surface area (Å²) >= 11 is 0. The van der Waals surface area contributed by atoms with Crippen molar-refractivity contribution in [3.63, 3.8) is 0 Å². The summed E-state index contributed by atoms with van der Waals surface area (Å²) < 4.78 is 11.0. The molecular formula is C18H33N3O3. The summed E-state index contributed by atoms with van der Waals surface area (Å²) in [6, 6.07) is -0.410. The summed E-state index contributed by atoms with van der Waals surface area (Å²) in [5, 5.41) is 3.19. The normalized spacial score (nSPS) is 27.5. The van der Waals surface area contributed by atoms with Gasteiger partial charge in [-0.15, -0.1) is 0 Å². The van der Waals surface area contributed by atoms with Gasteiger partial charge in [0, 0.05) is 38.5 Å². The minimum absolute atomic E-state index is 0.00442. The zero-order valence-corrected chi connectivity index (χ0v) is 14.8. The quantitative estimate of drug-likeness (QED) is 0.778. The zero-order valence-electron chi connectivity index (χ0n) is 14.8. The third-order valence-electron chi connectivity index (χ3n) is 6.12. The van der Waals surface area contributed by atoms with Crippen LogP contribution in [0.1, 0.15) is 44.9 Å². The van der Waals surface area contributed by atoms with E-state index in [-0.39, 0.29) is 17.4 Å². The minimum atomic E-state index is -0.410. The summed E-state index contributed by atoms with van der Waals surface area (Å²) in [4.78, 5) is 15.2. The lowest BCUT2D eigenvalue weighted by molar-refractivity contribution is -0.125. The Morgan fingerprint density at radius 1 is 1.08 bits per heavy atom. The highest BCUT2D eigenvalue weighted by Crippen LogP contribution is 2.30. The van der Waals surface area contributed by atoms with Gasteiger partial charge in [0.1, 0.15) is 0 Å². The standard InChI is InChI=1S/C18H33N3O3/c19-16(15-4-10-23-11-5-15)17(22)20-14-18(6-12-24-13-7-18)21-8-2-1-3-9-21/h15-16H,1-14,19H2,(H,20,22). The minimum Gasteiger partial charge on any atom is -0.381 e. The lowest BCUT2D eigenvalue weighted by Gasteiger charge is -2.48. The Bertz CT molecular complexity index is 400. The third-order valence-corrected chi connectivity index (χ3v) is 6.12. The van der Waals surface area contributed by atoms with E-state index in [2.05, 4.69) is 10.2 Å². The van der Waals surface area contributed by atoms with Crippen molar-refractivity contribution in [1.82, 2.24) is 10.2 Å². The molecule has 3 aliphatic rings. The van der Waals surface area contributed by atoms with Crippen molar-refractivity contribution in [2.75, 3.05) is 46.1 Å². The van der Waals surface area contributed by atoms with E-state index in [4.69, 9.17) is 15.2 Å². The van der Waals surface area contributed by atoms with Crippen LogP contribution in [0.4, 0.5) is 0 Å². The average Bonchev–Trinajstić information content (AvgIpc) is 2.67. The summed E-state index contributed by atoms with van der Waals surface area (Å²) in [7, 11) is 0. The molecule has 3 saturated heterocycles. The van der Waals surface area contributed by atoms with Crippen molar-refractivity contribution < 1.29 is 14.3 Å². The number of carbonyl (C=O) groups is 1. The van der Waals surface area contributed by atoms with E-state index >= 15 is 0 Å². The Labute approximate surface area is 145 Å². The molecule has 0 bridgehead atoms. The fourth-order valence-corrected chi connectivity index (χ4v) is 4.38. The lowest BCUT2D eigenvalue weighted by Crippen LogP contribution is -2.61. The number of likely N-dealkylation sites (tertiary alicyclic amines) is 1. The van der Waals surface area contributed by atoms with Crippen LogP contribution in [0.3, 0.4) is 0 Å². The number of hydrogen-bond donors (Lipinski definition) is 2. The van der Waals surface area contributed by atoms with Gasteiger partial charge in [-0.05, 0) is 57.5 Å². The Balaban J connectivity index is 1.57. The van der Waals surface area contributed by atoms with Crippen LogP contribution in [0.5, 0.6) is 0 Å². The van der Waals surface area contributed by atoms with Crippen molar-refractivity contribution in [3.8, 4) is 0 Å². The van der Waals surface area contributed by atoms with Gasteiger partial charge in [-0.2, -0.15) is 0 Å². The van der Waals surface area contributed by atoms with Crippen molar-refractivity contribution in [2.45, 2.75) is 56.5 Å². The second-order valence-electron chi connectivity index (χ2n) is 7.58. The van der Waals surface area contributed by atoms with E-state index < -0.39 is 6.04 Å². The molecular weight excluding hydrogens is 306 g/mol. The topological polar surface area (TPSA) is 76.8 Å². The van der Waals surface area contributed by atoms with Crippen LogP contribution in [-0.4, -0.2) is 68.4 Å². The number of nitrogens with one attached hydrogen (secondary N) is 1. The lowest BCUT2D eigenvalue weighted by atomic mass is 9.85. The number of rotatable bonds is 5. The van der Waals surface area contributed by atoms with Crippen molar-refractivity contribution >= 4 is 5.91 Å². The van der Waals surface area contributed by atoms with E-state index in [9.17, 15) is 4.79 Å². The SMILES string of the molecule is NC(C(=O)NCC1(N2CCCCC2)CCOCC1)C1CCOCC1. The van der Waals surface area contributed by atoms with Crippen molar-refractivity contribution in [2.24, 2.45) is 11.7 Å². The largest absolute Gasteiger partial charge is 0.381 e. The summed E-state index contributed by atoms with van der Waals surface area (Å²) in [6.45, 7) is 6.01. The van der Waals surface area contributed by atoms with E-state index in [0.29, 0.717) is 6.54 Å². The van der Waals surface area contributed by atoms with E-state index in [0.717, 1.165) is 65.2 Å². The summed E-state index contributed by atoms with van der Waals surface area (Å²) in [6.07, 6.45) is 7.62. The monoisotopic (exact) mass is 339 g/mol. The Morgan fingerprint density at radius 3 is 2.38 bits per heavy atom. The van der Waals surface area contributed by atoms with Gasteiger partial charge in [-0.25, -0.2) is 0 Å². The van der Waals surface area contributed by atoms with Gasteiger partial charge in [0.15, 0.2) is 0 Å². The van der Waals surface area contributed by atoms with Crippen LogP contribution in [0.25, 0.3) is 0 Å². The molecule has 1 atom stereocenters. The number of carbonyl (C=O) groups excluding carboxylic acids is 1. The highest BCUT2D eigenvalue weighted by Gasteiger charge is 2.39. The highest BCUT2D eigenvalue weighted by atomic mass is 16.5. The molecule has 6 heteroatoms.